The first-order valence-electron chi connectivity index (χ1n) is 11.0. The Kier molecular flexibility index (Phi) is 5.98. The lowest BCUT2D eigenvalue weighted by Gasteiger charge is -2.29. The molecule has 2 aromatic carbocycles. The van der Waals surface area contributed by atoms with Crippen molar-refractivity contribution >= 4 is 12.2 Å². The summed E-state index contributed by atoms with van der Waals surface area (Å²) in [6, 6.07) is 13.3. The summed E-state index contributed by atoms with van der Waals surface area (Å²) >= 11 is 0. The number of primary amides is 1. The maximum atomic E-state index is 11.7. The number of aldehydes is 1. The molecule has 32 heavy (non-hydrogen) atoms. The number of rotatable bonds is 7. The van der Waals surface area contributed by atoms with Gasteiger partial charge in [-0.3, -0.25) is 19.6 Å². The van der Waals surface area contributed by atoms with E-state index in [1.54, 1.807) is 12.1 Å². The molecule has 0 saturated carbocycles. The summed E-state index contributed by atoms with van der Waals surface area (Å²) in [7, 11) is 2.02. The molecule has 0 saturated heterocycles. The van der Waals surface area contributed by atoms with Crippen LogP contribution in [-0.4, -0.2) is 34.3 Å². The maximum Gasteiger partial charge on any atom is 0.248 e. The zero-order valence-corrected chi connectivity index (χ0v) is 18.9. The van der Waals surface area contributed by atoms with Crippen molar-refractivity contribution in [3.8, 4) is 11.3 Å². The summed E-state index contributed by atoms with van der Waals surface area (Å²) in [4.78, 5) is 25.1. The Morgan fingerprint density at radius 2 is 1.94 bits per heavy atom. The summed E-state index contributed by atoms with van der Waals surface area (Å²) in [6.07, 6.45) is 4.08. The van der Waals surface area contributed by atoms with Crippen molar-refractivity contribution in [2.75, 3.05) is 7.05 Å². The van der Waals surface area contributed by atoms with E-state index in [1.165, 1.54) is 11.3 Å². The first-order chi connectivity index (χ1) is 15.3. The highest BCUT2D eigenvalue weighted by atomic mass is 16.1. The van der Waals surface area contributed by atoms with E-state index in [4.69, 9.17) is 5.73 Å². The lowest BCUT2D eigenvalue weighted by atomic mass is 9.76. The molecule has 1 aliphatic carbocycles. The monoisotopic (exact) mass is 430 g/mol. The Balaban J connectivity index is 1.55. The molecule has 1 aliphatic rings. The van der Waals surface area contributed by atoms with E-state index in [2.05, 4.69) is 35.0 Å². The average molecular weight is 431 g/mol. The van der Waals surface area contributed by atoms with Crippen LogP contribution >= 0.6 is 0 Å². The van der Waals surface area contributed by atoms with Gasteiger partial charge < -0.3 is 5.73 Å². The van der Waals surface area contributed by atoms with Crippen LogP contribution in [0, 0.1) is 5.41 Å². The SMILES string of the molecule is CN(Cc1ccc(C(N)=O)cc1)Cc1cc(-c2n[nH]c3c2CCC(C)(C)C3)ccc1C=O. The van der Waals surface area contributed by atoms with Gasteiger partial charge in [-0.15, -0.1) is 0 Å². The second-order valence-corrected chi connectivity index (χ2v) is 9.64. The minimum absolute atomic E-state index is 0.293. The molecule has 0 unspecified atom stereocenters. The summed E-state index contributed by atoms with van der Waals surface area (Å²) in [6.45, 7) is 5.91. The van der Waals surface area contributed by atoms with Crippen molar-refractivity contribution < 1.29 is 9.59 Å². The highest BCUT2D eigenvalue weighted by Crippen LogP contribution is 2.38. The lowest BCUT2D eigenvalue weighted by molar-refractivity contribution is 0.0999. The maximum absolute atomic E-state index is 11.7. The number of amides is 1. The number of nitrogens with zero attached hydrogens (tertiary/aromatic N) is 2. The van der Waals surface area contributed by atoms with Crippen LogP contribution < -0.4 is 5.73 Å². The van der Waals surface area contributed by atoms with Gasteiger partial charge >= 0.3 is 0 Å². The minimum Gasteiger partial charge on any atom is -0.366 e. The first kappa shape index (κ1) is 22.0. The summed E-state index contributed by atoms with van der Waals surface area (Å²) in [5.41, 5.74) is 13.4. The van der Waals surface area contributed by atoms with Crippen molar-refractivity contribution in [3.05, 3.63) is 76.0 Å². The van der Waals surface area contributed by atoms with Crippen LogP contribution in [0.1, 0.15) is 63.4 Å². The smallest absolute Gasteiger partial charge is 0.248 e. The Morgan fingerprint density at radius 1 is 1.19 bits per heavy atom. The number of nitrogens with one attached hydrogen (secondary N) is 1. The molecular formula is C26H30N4O2. The molecule has 3 N–H and O–H groups in total. The molecule has 6 heteroatoms. The van der Waals surface area contributed by atoms with Crippen LogP contribution in [0.25, 0.3) is 11.3 Å². The van der Waals surface area contributed by atoms with Crippen LogP contribution in [0.3, 0.4) is 0 Å². The molecule has 0 atom stereocenters. The number of aromatic amines is 1. The van der Waals surface area contributed by atoms with E-state index in [1.807, 2.05) is 31.3 Å². The van der Waals surface area contributed by atoms with Crippen molar-refractivity contribution in [1.29, 1.82) is 0 Å². The molecule has 1 heterocycles. The van der Waals surface area contributed by atoms with Gasteiger partial charge in [-0.05, 0) is 61.1 Å². The van der Waals surface area contributed by atoms with Crippen molar-refractivity contribution in [2.45, 2.75) is 46.2 Å². The van der Waals surface area contributed by atoms with E-state index in [0.717, 1.165) is 47.9 Å². The molecule has 0 bridgehead atoms. The molecule has 4 rings (SSSR count). The van der Waals surface area contributed by atoms with Crippen molar-refractivity contribution in [2.24, 2.45) is 11.1 Å². The molecule has 0 spiro atoms. The second kappa shape index (κ2) is 8.71. The summed E-state index contributed by atoms with van der Waals surface area (Å²) in [5.74, 6) is -0.429. The van der Waals surface area contributed by atoms with Gasteiger partial charge in [0.25, 0.3) is 0 Å². The molecule has 0 fully saturated rings. The molecule has 6 nitrogen and oxygen atoms in total. The number of nitrogens with two attached hydrogens (primary N) is 1. The molecule has 1 amide bonds. The third-order valence-corrected chi connectivity index (χ3v) is 6.33. The van der Waals surface area contributed by atoms with E-state index >= 15 is 0 Å². The van der Waals surface area contributed by atoms with E-state index in [0.29, 0.717) is 29.6 Å². The predicted octanol–water partition coefficient (Wildman–Crippen LogP) is 4.14. The fourth-order valence-corrected chi connectivity index (χ4v) is 4.52. The summed E-state index contributed by atoms with van der Waals surface area (Å²) in [5, 5.41) is 7.89. The van der Waals surface area contributed by atoms with Crippen LogP contribution in [-0.2, 0) is 25.9 Å². The van der Waals surface area contributed by atoms with Crippen LogP contribution in [0.2, 0.25) is 0 Å². The van der Waals surface area contributed by atoms with Gasteiger partial charge in [0.15, 0.2) is 0 Å². The fourth-order valence-electron chi connectivity index (χ4n) is 4.52. The van der Waals surface area contributed by atoms with Gasteiger partial charge in [0.05, 0.1) is 5.69 Å². The minimum atomic E-state index is -0.429. The number of fused-ring (bicyclic) bond motifs is 1. The highest BCUT2D eigenvalue weighted by Gasteiger charge is 2.29. The van der Waals surface area contributed by atoms with E-state index < -0.39 is 5.91 Å². The van der Waals surface area contributed by atoms with Gasteiger partial charge in [0.1, 0.15) is 6.29 Å². The molecule has 3 aromatic rings. The van der Waals surface area contributed by atoms with Gasteiger partial charge in [-0.2, -0.15) is 5.10 Å². The fraction of sp³-hybridized carbons (Fsp3) is 0.346. The number of carbonyl (C=O) groups excluding carboxylic acids is 2. The Bertz CT molecular complexity index is 1150. The van der Waals surface area contributed by atoms with Gasteiger partial charge in [-0.25, -0.2) is 0 Å². The molecule has 0 aliphatic heterocycles. The third-order valence-electron chi connectivity index (χ3n) is 6.33. The zero-order chi connectivity index (χ0) is 22.9. The number of hydrogen-bond acceptors (Lipinski definition) is 4. The molecular weight excluding hydrogens is 400 g/mol. The van der Waals surface area contributed by atoms with E-state index in [9.17, 15) is 9.59 Å². The zero-order valence-electron chi connectivity index (χ0n) is 18.9. The standard InChI is InChI=1S/C26H30N4O2/c1-26(2)11-10-22-23(13-26)28-29-24(22)19-8-9-20(16-31)21(12-19)15-30(3)14-17-4-6-18(7-5-17)25(27)32/h4-9,12,16H,10-11,13-15H2,1-3H3,(H2,27,32)(H,28,29). The quantitative estimate of drug-likeness (QED) is 0.551. The number of hydrogen-bond donors (Lipinski definition) is 2. The number of carbonyl (C=O) groups is 2. The normalized spacial score (nSPS) is 14.9. The number of H-pyrrole nitrogens is 1. The van der Waals surface area contributed by atoms with Crippen molar-refractivity contribution in [1.82, 2.24) is 15.1 Å². The second-order valence-electron chi connectivity index (χ2n) is 9.64. The first-order valence-corrected chi connectivity index (χ1v) is 11.0. The molecule has 166 valence electrons. The van der Waals surface area contributed by atoms with Gasteiger partial charge in [-0.1, -0.05) is 38.1 Å². The lowest BCUT2D eigenvalue weighted by Crippen LogP contribution is -2.22. The van der Waals surface area contributed by atoms with Gasteiger partial charge in [0, 0.05) is 41.0 Å². The van der Waals surface area contributed by atoms with E-state index in [-0.39, 0.29) is 0 Å². The van der Waals surface area contributed by atoms with Gasteiger partial charge in [0.2, 0.25) is 5.91 Å². The number of benzene rings is 2. The Morgan fingerprint density at radius 3 is 2.62 bits per heavy atom. The van der Waals surface area contributed by atoms with Crippen molar-refractivity contribution in [3.63, 3.8) is 0 Å². The van der Waals surface area contributed by atoms with Crippen LogP contribution in [0.5, 0.6) is 0 Å². The Hall–Kier alpha value is -3.25. The molecule has 1 aromatic heterocycles. The average Bonchev–Trinajstić information content (AvgIpc) is 3.15. The highest BCUT2D eigenvalue weighted by molar-refractivity contribution is 5.92. The van der Waals surface area contributed by atoms with Crippen LogP contribution in [0.15, 0.2) is 42.5 Å². The molecule has 0 radical (unpaired) electrons. The predicted molar refractivity (Wildman–Crippen MR) is 125 cm³/mol. The Labute approximate surface area is 188 Å². The topological polar surface area (TPSA) is 92.1 Å². The van der Waals surface area contributed by atoms with Crippen LogP contribution in [0.4, 0.5) is 0 Å². The summed E-state index contributed by atoms with van der Waals surface area (Å²) < 4.78 is 0. The number of aromatic nitrogens is 2. The largest absolute Gasteiger partial charge is 0.366 e. The third kappa shape index (κ3) is 4.65.